The molecule has 0 unspecified atom stereocenters. The van der Waals surface area contributed by atoms with Gasteiger partial charge in [-0.2, -0.15) is 0 Å². The molecule has 0 saturated carbocycles. The van der Waals surface area contributed by atoms with Crippen molar-refractivity contribution in [3.63, 3.8) is 0 Å². The molecule has 0 aliphatic heterocycles. The highest BCUT2D eigenvalue weighted by atomic mass is 16.5. The van der Waals surface area contributed by atoms with Crippen molar-refractivity contribution in [1.82, 2.24) is 9.80 Å². The smallest absolute Gasteiger partial charge is 0.332 e. The molecule has 0 radical (unpaired) electrons. The fraction of sp³-hybridized carbons (Fsp3) is 0.800. The van der Waals surface area contributed by atoms with Gasteiger partial charge in [0.1, 0.15) is 13.5 Å². The van der Waals surface area contributed by atoms with Gasteiger partial charge < -0.3 is 9.47 Å². The minimum atomic E-state index is -0.548. The predicted octanol–water partition coefficient (Wildman–Crippen LogP) is 3.57. The summed E-state index contributed by atoms with van der Waals surface area (Å²) in [7, 11) is 0. The van der Waals surface area contributed by atoms with Gasteiger partial charge in [0.05, 0.1) is 0 Å². The van der Waals surface area contributed by atoms with E-state index in [4.69, 9.17) is 9.47 Å². The van der Waals surface area contributed by atoms with Crippen LogP contribution in [0.4, 0.5) is 0 Å². The van der Waals surface area contributed by atoms with Crippen molar-refractivity contribution in [2.45, 2.75) is 79.3 Å². The van der Waals surface area contributed by atoms with E-state index >= 15 is 0 Å². The molecule has 0 bridgehead atoms. The number of hydrogen-bond donors (Lipinski definition) is 0. The molecule has 0 N–H and O–H groups in total. The van der Waals surface area contributed by atoms with Crippen molar-refractivity contribution in [2.24, 2.45) is 0 Å². The van der Waals surface area contributed by atoms with E-state index in [9.17, 15) is 9.59 Å². The van der Waals surface area contributed by atoms with E-state index in [2.05, 4.69) is 51.3 Å². The van der Waals surface area contributed by atoms with Gasteiger partial charge in [-0.15, -0.1) is 0 Å². The number of hydrogen-bond acceptors (Lipinski definition) is 6. The summed E-state index contributed by atoms with van der Waals surface area (Å²) in [5, 5.41) is 0. The van der Waals surface area contributed by atoms with E-state index in [1.807, 2.05) is 13.8 Å². The number of carbonyl (C=O) groups excluding carboxylic acids is 2. The number of ether oxygens (including phenoxy) is 2. The summed E-state index contributed by atoms with van der Waals surface area (Å²) in [6.07, 6.45) is 4.14. The zero-order valence-electron chi connectivity index (χ0n) is 17.9. The van der Waals surface area contributed by atoms with Gasteiger partial charge in [-0.1, -0.05) is 27.7 Å². The summed E-state index contributed by atoms with van der Waals surface area (Å²) < 4.78 is 10.5. The lowest BCUT2D eigenvalue weighted by molar-refractivity contribution is -0.148. The van der Waals surface area contributed by atoms with Gasteiger partial charge >= 0.3 is 11.9 Å². The van der Waals surface area contributed by atoms with Crippen LogP contribution >= 0.6 is 0 Å². The topological polar surface area (TPSA) is 59.1 Å². The summed E-state index contributed by atoms with van der Waals surface area (Å²) in [6, 6.07) is 0. The number of esters is 2. The standard InChI is InChI=1S/C20H38N2O4/c1-9-19(5,6)21(11-3)15-25-17(23)13-14-18(24)26-16-22(12-4)20(7,8)10-2/h13-14H,9-12,15-16H2,1-8H3/b14-13-. The second kappa shape index (κ2) is 11.3. The molecular weight excluding hydrogens is 332 g/mol. The first kappa shape index (κ1) is 24.6. The molecule has 0 saturated heterocycles. The Kier molecular flexibility index (Phi) is 10.7. The van der Waals surface area contributed by atoms with Gasteiger partial charge in [-0.05, 0) is 53.6 Å². The molecule has 0 aliphatic carbocycles. The maximum absolute atomic E-state index is 11.8. The number of carbonyl (C=O) groups is 2. The van der Waals surface area contributed by atoms with Crippen molar-refractivity contribution >= 4 is 11.9 Å². The third-order valence-corrected chi connectivity index (χ3v) is 5.29. The highest BCUT2D eigenvalue weighted by Crippen LogP contribution is 2.18. The Morgan fingerprint density at radius 1 is 0.731 bits per heavy atom. The lowest BCUT2D eigenvalue weighted by atomic mass is 10.0. The van der Waals surface area contributed by atoms with Crippen LogP contribution in [-0.2, 0) is 19.1 Å². The van der Waals surface area contributed by atoms with Crippen LogP contribution in [0.3, 0.4) is 0 Å². The van der Waals surface area contributed by atoms with Gasteiger partial charge in [0.25, 0.3) is 0 Å². The van der Waals surface area contributed by atoms with Crippen LogP contribution in [0, 0.1) is 0 Å². The molecule has 0 aliphatic rings. The van der Waals surface area contributed by atoms with E-state index in [1.54, 1.807) is 0 Å². The van der Waals surface area contributed by atoms with Crippen LogP contribution in [0.25, 0.3) is 0 Å². The molecule has 0 aromatic rings. The molecule has 0 fully saturated rings. The summed E-state index contributed by atoms with van der Waals surface area (Å²) in [5.41, 5.74) is -0.0965. The maximum Gasteiger partial charge on any atom is 0.332 e. The summed E-state index contributed by atoms with van der Waals surface area (Å²) in [6.45, 7) is 18.6. The van der Waals surface area contributed by atoms with Crippen molar-refractivity contribution in [2.75, 3.05) is 26.6 Å². The lowest BCUT2D eigenvalue weighted by Gasteiger charge is -2.36. The molecule has 0 amide bonds. The first-order chi connectivity index (χ1) is 12.0. The normalized spacial score (nSPS) is 12.8. The highest BCUT2D eigenvalue weighted by Gasteiger charge is 2.25. The fourth-order valence-corrected chi connectivity index (χ4v) is 2.35. The summed E-state index contributed by atoms with van der Waals surface area (Å²) >= 11 is 0. The third kappa shape index (κ3) is 8.32. The van der Waals surface area contributed by atoms with E-state index in [0.29, 0.717) is 0 Å². The van der Waals surface area contributed by atoms with Crippen LogP contribution in [0.1, 0.15) is 68.2 Å². The Morgan fingerprint density at radius 2 is 1.04 bits per heavy atom. The molecule has 0 spiro atoms. The minimum absolute atomic E-state index is 0.0482. The van der Waals surface area contributed by atoms with Gasteiger partial charge in [0.2, 0.25) is 0 Å². The zero-order chi connectivity index (χ0) is 20.4. The van der Waals surface area contributed by atoms with E-state index in [-0.39, 0.29) is 24.5 Å². The van der Waals surface area contributed by atoms with Crippen molar-refractivity contribution < 1.29 is 19.1 Å². The van der Waals surface area contributed by atoms with E-state index in [1.165, 1.54) is 0 Å². The lowest BCUT2D eigenvalue weighted by Crippen LogP contribution is -2.45. The first-order valence-electron chi connectivity index (χ1n) is 9.55. The Hall–Kier alpha value is -1.40. The summed E-state index contributed by atoms with van der Waals surface area (Å²) in [4.78, 5) is 27.8. The number of nitrogens with zero attached hydrogens (tertiary/aromatic N) is 2. The molecule has 26 heavy (non-hydrogen) atoms. The molecule has 6 nitrogen and oxygen atoms in total. The molecule has 0 atom stereocenters. The Balaban J connectivity index is 4.45. The van der Waals surface area contributed by atoms with Crippen LogP contribution in [0.5, 0.6) is 0 Å². The molecule has 0 aromatic heterocycles. The van der Waals surface area contributed by atoms with E-state index in [0.717, 1.165) is 38.1 Å². The van der Waals surface area contributed by atoms with Gasteiger partial charge in [0.15, 0.2) is 0 Å². The van der Waals surface area contributed by atoms with Gasteiger partial charge in [-0.25, -0.2) is 9.59 Å². The van der Waals surface area contributed by atoms with Crippen LogP contribution in [0.2, 0.25) is 0 Å². The Labute approximate surface area is 159 Å². The van der Waals surface area contributed by atoms with Crippen molar-refractivity contribution in [3.05, 3.63) is 12.2 Å². The molecule has 0 rings (SSSR count). The SMILES string of the molecule is CCN(COC(=O)/C=C\C(=O)OCN(CC)C(C)(C)CC)C(C)(C)CC. The maximum atomic E-state index is 11.8. The van der Waals surface area contributed by atoms with Gasteiger partial charge in [-0.3, -0.25) is 9.80 Å². The first-order valence-corrected chi connectivity index (χ1v) is 9.55. The quantitative estimate of drug-likeness (QED) is 0.297. The summed E-state index contributed by atoms with van der Waals surface area (Å²) in [5.74, 6) is -1.10. The molecule has 0 aromatic carbocycles. The minimum Gasteiger partial charge on any atom is -0.446 e. The van der Waals surface area contributed by atoms with Crippen molar-refractivity contribution in [3.8, 4) is 0 Å². The molecule has 6 heteroatoms. The van der Waals surface area contributed by atoms with Gasteiger partial charge in [0, 0.05) is 23.2 Å². The largest absolute Gasteiger partial charge is 0.446 e. The molecular formula is C20H38N2O4. The van der Waals surface area contributed by atoms with E-state index < -0.39 is 11.9 Å². The molecule has 152 valence electrons. The molecule has 0 heterocycles. The highest BCUT2D eigenvalue weighted by molar-refractivity contribution is 5.91. The number of rotatable bonds is 12. The van der Waals surface area contributed by atoms with Crippen LogP contribution < -0.4 is 0 Å². The zero-order valence-corrected chi connectivity index (χ0v) is 17.9. The Bertz CT molecular complexity index is 430. The second-order valence-corrected chi connectivity index (χ2v) is 7.56. The van der Waals surface area contributed by atoms with Crippen LogP contribution in [-0.4, -0.2) is 59.4 Å². The Morgan fingerprint density at radius 3 is 1.27 bits per heavy atom. The second-order valence-electron chi connectivity index (χ2n) is 7.56. The van der Waals surface area contributed by atoms with Crippen molar-refractivity contribution in [1.29, 1.82) is 0 Å². The third-order valence-electron chi connectivity index (χ3n) is 5.29. The average Bonchev–Trinajstić information content (AvgIpc) is 2.60. The monoisotopic (exact) mass is 370 g/mol. The average molecular weight is 371 g/mol. The van der Waals surface area contributed by atoms with Crippen LogP contribution in [0.15, 0.2) is 12.2 Å². The fourth-order valence-electron chi connectivity index (χ4n) is 2.35. The predicted molar refractivity (Wildman–Crippen MR) is 105 cm³/mol.